The van der Waals surface area contributed by atoms with Gasteiger partial charge in [0.15, 0.2) is 6.04 Å². The number of hydrogen-bond donors (Lipinski definition) is 2. The van der Waals surface area contributed by atoms with E-state index in [0.717, 1.165) is 0 Å². The summed E-state index contributed by atoms with van der Waals surface area (Å²) in [7, 11) is 0. The molecule has 0 aliphatic rings. The Morgan fingerprint density at radius 3 is 2.50 bits per heavy atom. The number of benzene rings is 1. The molecule has 0 heterocycles. The Balaban J connectivity index is 2.50. The molecule has 7 heteroatoms. The zero-order valence-corrected chi connectivity index (χ0v) is 12.8. The van der Waals surface area contributed by atoms with Crippen LogP contribution in [0.25, 0.3) is 0 Å². The van der Waals surface area contributed by atoms with Crippen molar-refractivity contribution in [2.75, 3.05) is 6.61 Å². The molecule has 1 unspecified atom stereocenters. The maximum absolute atomic E-state index is 13.4. The van der Waals surface area contributed by atoms with Gasteiger partial charge in [-0.05, 0) is 26.8 Å². The van der Waals surface area contributed by atoms with Crippen molar-refractivity contribution in [1.82, 2.24) is 5.32 Å². The summed E-state index contributed by atoms with van der Waals surface area (Å²) in [5.74, 6) is -1.70. The highest BCUT2D eigenvalue weighted by Gasteiger charge is 2.24. The Morgan fingerprint density at radius 2 is 1.95 bits per heavy atom. The lowest BCUT2D eigenvalue weighted by Crippen LogP contribution is -2.46. The molecule has 0 aliphatic carbocycles. The Labute approximate surface area is 128 Å². The van der Waals surface area contributed by atoms with Gasteiger partial charge in [-0.15, -0.1) is 0 Å². The topological polar surface area (TPSA) is 84.9 Å². The van der Waals surface area contributed by atoms with E-state index in [9.17, 15) is 14.0 Å². The van der Waals surface area contributed by atoms with Crippen molar-refractivity contribution in [1.29, 1.82) is 0 Å². The second kappa shape index (κ2) is 7.74. The van der Waals surface area contributed by atoms with Crippen LogP contribution in [0.3, 0.4) is 0 Å². The van der Waals surface area contributed by atoms with E-state index in [1.807, 2.05) is 0 Å². The van der Waals surface area contributed by atoms with Crippen LogP contribution in [0.5, 0.6) is 0 Å². The molecule has 0 aromatic heterocycles. The van der Waals surface area contributed by atoms with E-state index in [1.165, 1.54) is 12.1 Å². The third-order valence-electron chi connectivity index (χ3n) is 2.49. The van der Waals surface area contributed by atoms with Gasteiger partial charge in [-0.2, -0.15) is 0 Å². The number of ether oxygens (including phenoxy) is 2. The Hall–Kier alpha value is -2.15. The van der Waals surface area contributed by atoms with Crippen LogP contribution in [0.4, 0.5) is 9.18 Å². The predicted molar refractivity (Wildman–Crippen MR) is 76.8 cm³/mol. The van der Waals surface area contributed by atoms with Crippen molar-refractivity contribution in [2.24, 2.45) is 0 Å². The zero-order chi connectivity index (χ0) is 16.8. The first-order valence-corrected chi connectivity index (χ1v) is 6.72. The molecule has 1 aromatic rings. The second-order valence-corrected chi connectivity index (χ2v) is 5.64. The molecule has 0 fully saturated rings. The minimum atomic E-state index is -1.28. The summed E-state index contributed by atoms with van der Waals surface area (Å²) < 4.78 is 23.5. The van der Waals surface area contributed by atoms with Gasteiger partial charge in [-0.1, -0.05) is 18.2 Å². The summed E-state index contributed by atoms with van der Waals surface area (Å²) in [5.41, 5.74) is -0.426. The third-order valence-corrected chi connectivity index (χ3v) is 2.49. The summed E-state index contributed by atoms with van der Waals surface area (Å²) >= 11 is 0. The van der Waals surface area contributed by atoms with Gasteiger partial charge in [0, 0.05) is 5.56 Å². The first-order valence-electron chi connectivity index (χ1n) is 6.72. The standard InChI is InChI=1S/C15H20FNO5/c1-15(2,3)22-14(20)17-12(13(18)19)9-21-8-10-6-4-5-7-11(10)16/h4-7,12H,8-9H2,1-3H3,(H,17,20)(H,18,19). The normalized spacial score (nSPS) is 12.5. The largest absolute Gasteiger partial charge is 0.480 e. The lowest BCUT2D eigenvalue weighted by Gasteiger charge is -2.22. The summed E-state index contributed by atoms with van der Waals surface area (Å²) in [6, 6.07) is 4.73. The number of nitrogens with one attached hydrogen (secondary N) is 1. The molecule has 0 spiro atoms. The highest BCUT2D eigenvalue weighted by Crippen LogP contribution is 2.09. The number of amides is 1. The molecule has 0 aliphatic heterocycles. The van der Waals surface area contributed by atoms with Gasteiger partial charge in [0.25, 0.3) is 0 Å². The number of hydrogen-bond acceptors (Lipinski definition) is 4. The minimum absolute atomic E-state index is 0.0908. The van der Waals surface area contributed by atoms with Gasteiger partial charge in [-0.3, -0.25) is 0 Å². The third kappa shape index (κ3) is 6.53. The van der Waals surface area contributed by atoms with Crippen molar-refractivity contribution in [2.45, 2.75) is 39.0 Å². The maximum Gasteiger partial charge on any atom is 0.408 e. The number of carbonyl (C=O) groups is 2. The SMILES string of the molecule is CC(C)(C)OC(=O)NC(COCc1ccccc1F)C(=O)O. The molecule has 1 amide bonds. The fraction of sp³-hybridized carbons (Fsp3) is 0.467. The molecule has 1 aromatic carbocycles. The molecule has 0 saturated carbocycles. The summed E-state index contributed by atoms with van der Waals surface area (Å²) in [4.78, 5) is 22.6. The zero-order valence-electron chi connectivity index (χ0n) is 12.8. The molecular weight excluding hydrogens is 293 g/mol. The van der Waals surface area contributed by atoms with Gasteiger partial charge in [0.1, 0.15) is 11.4 Å². The molecule has 6 nitrogen and oxygen atoms in total. The highest BCUT2D eigenvalue weighted by molar-refractivity contribution is 5.80. The van der Waals surface area contributed by atoms with Crippen LogP contribution in [0.15, 0.2) is 24.3 Å². The monoisotopic (exact) mass is 313 g/mol. The Morgan fingerprint density at radius 1 is 1.32 bits per heavy atom. The van der Waals surface area contributed by atoms with Crippen LogP contribution in [-0.2, 0) is 20.9 Å². The lowest BCUT2D eigenvalue weighted by atomic mass is 10.2. The van der Waals surface area contributed by atoms with E-state index >= 15 is 0 Å². The van der Waals surface area contributed by atoms with Gasteiger partial charge < -0.3 is 19.9 Å². The smallest absolute Gasteiger partial charge is 0.408 e. The number of rotatable bonds is 6. The Bertz CT molecular complexity index is 527. The number of alkyl carbamates (subject to hydrolysis) is 1. The number of carboxylic acid groups (broad SMARTS) is 1. The molecule has 2 N–H and O–H groups in total. The summed E-state index contributed by atoms with van der Waals surface area (Å²) in [6.07, 6.45) is -0.852. The van der Waals surface area contributed by atoms with Crippen LogP contribution in [-0.4, -0.2) is 35.4 Å². The first-order chi connectivity index (χ1) is 10.2. The molecule has 1 atom stereocenters. The van der Waals surface area contributed by atoms with Gasteiger partial charge in [-0.25, -0.2) is 14.0 Å². The van der Waals surface area contributed by atoms with Gasteiger partial charge in [0.2, 0.25) is 0 Å². The van der Waals surface area contributed by atoms with Crippen LogP contribution in [0, 0.1) is 5.82 Å². The maximum atomic E-state index is 13.4. The van der Waals surface area contributed by atoms with Crippen molar-refractivity contribution >= 4 is 12.1 Å². The molecule has 122 valence electrons. The van der Waals surface area contributed by atoms with Crippen molar-refractivity contribution < 1.29 is 28.6 Å². The van der Waals surface area contributed by atoms with Crippen molar-refractivity contribution in [3.63, 3.8) is 0 Å². The van der Waals surface area contributed by atoms with Gasteiger partial charge >= 0.3 is 12.1 Å². The molecule has 22 heavy (non-hydrogen) atoms. The van der Waals surface area contributed by atoms with E-state index in [0.29, 0.717) is 5.56 Å². The van der Waals surface area contributed by atoms with E-state index in [1.54, 1.807) is 32.9 Å². The fourth-order valence-electron chi connectivity index (χ4n) is 1.53. The van der Waals surface area contributed by atoms with Crippen LogP contribution >= 0.6 is 0 Å². The Kier molecular flexibility index (Phi) is 6.30. The van der Waals surface area contributed by atoms with Crippen molar-refractivity contribution in [3.8, 4) is 0 Å². The number of carboxylic acids is 1. The average Bonchev–Trinajstić information content (AvgIpc) is 2.37. The average molecular weight is 313 g/mol. The van der Waals surface area contributed by atoms with E-state index in [4.69, 9.17) is 14.6 Å². The van der Waals surface area contributed by atoms with Crippen LogP contribution in [0.2, 0.25) is 0 Å². The second-order valence-electron chi connectivity index (χ2n) is 5.64. The molecule has 0 radical (unpaired) electrons. The quantitative estimate of drug-likeness (QED) is 0.842. The number of aliphatic carboxylic acids is 1. The summed E-state index contributed by atoms with van der Waals surface area (Å²) in [5, 5.41) is 11.2. The summed E-state index contributed by atoms with van der Waals surface area (Å²) in [6.45, 7) is 4.60. The van der Waals surface area contributed by atoms with E-state index in [2.05, 4.69) is 5.32 Å². The molecule has 0 saturated heterocycles. The first kappa shape index (κ1) is 17.9. The number of carbonyl (C=O) groups excluding carboxylic acids is 1. The predicted octanol–water partition coefficient (Wildman–Crippen LogP) is 2.32. The molecule has 0 bridgehead atoms. The number of halogens is 1. The molecule has 1 rings (SSSR count). The van der Waals surface area contributed by atoms with E-state index in [-0.39, 0.29) is 13.2 Å². The molecular formula is C15H20FNO5. The van der Waals surface area contributed by atoms with Gasteiger partial charge in [0.05, 0.1) is 13.2 Å². The van der Waals surface area contributed by atoms with Crippen LogP contribution in [0.1, 0.15) is 26.3 Å². The fourth-order valence-corrected chi connectivity index (χ4v) is 1.53. The van der Waals surface area contributed by atoms with E-state index < -0.39 is 29.5 Å². The minimum Gasteiger partial charge on any atom is -0.480 e. The lowest BCUT2D eigenvalue weighted by molar-refractivity contribution is -0.141. The van der Waals surface area contributed by atoms with Crippen LogP contribution < -0.4 is 5.32 Å². The van der Waals surface area contributed by atoms with Crippen molar-refractivity contribution in [3.05, 3.63) is 35.6 Å². The highest BCUT2D eigenvalue weighted by atomic mass is 19.1.